The lowest BCUT2D eigenvalue weighted by molar-refractivity contribution is 0.908. The van der Waals surface area contributed by atoms with E-state index in [1.807, 2.05) is 12.1 Å². The minimum Gasteiger partial charge on any atom is -0.296 e. The molecule has 0 N–H and O–H groups in total. The zero-order valence-corrected chi connectivity index (χ0v) is 64.8. The minimum atomic E-state index is 0.666. The van der Waals surface area contributed by atoms with Gasteiger partial charge in [0.2, 0.25) is 0 Å². The summed E-state index contributed by atoms with van der Waals surface area (Å²) in [4.78, 5) is 42.5. The molecule has 118 heavy (non-hydrogen) atoms. The number of pyridine rings is 2. The summed E-state index contributed by atoms with van der Waals surface area (Å²) < 4.78 is 4.57. The maximum absolute atomic E-state index is 5.41. The lowest BCUT2D eigenvalue weighted by atomic mass is 9.97. The molecule has 22 rings (SSSR count). The Kier molecular flexibility index (Phi) is 17.9. The Balaban J connectivity index is 0.000000147. The van der Waals surface area contributed by atoms with Gasteiger partial charge < -0.3 is 0 Å². The van der Waals surface area contributed by atoms with Crippen LogP contribution in [-0.4, -0.2) is 49.0 Å². The highest BCUT2D eigenvalue weighted by Gasteiger charge is 2.24. The fraction of sp³-hybridized carbons (Fsp3) is 0.0370. The third-order valence-corrected chi connectivity index (χ3v) is 22.7. The number of imidazole rings is 2. The molecule has 0 amide bonds. The first-order chi connectivity index (χ1) is 58.4. The van der Waals surface area contributed by atoms with Gasteiger partial charge in [0.15, 0.2) is 11.6 Å². The SMILES string of the molecule is CCc1nc2c3c(-c4cccc(-c5cc(-c6ccc(-c7ccccc7)cc6)nc(-c6ccc(-c7ccccc7)cc6)n5)c4)nc4ccccc4c3ccc2n1-c1ccccc1.CCc1nc2c3c(-c4cccc(-c5cc(-c6ccc7ccccc7c6)nc(-c6ccc7ccccc7c6)n5)c4)nc4ccccc4c3ccc2n1-c1ccccc1. The van der Waals surface area contributed by atoms with Crippen molar-refractivity contribution < 1.29 is 0 Å². The molecule has 16 aromatic carbocycles. The Morgan fingerprint density at radius 3 is 1.00 bits per heavy atom. The molecule has 0 aliphatic rings. The number of aromatic nitrogens is 10. The van der Waals surface area contributed by atoms with Gasteiger partial charge in [-0.1, -0.05) is 317 Å². The Bertz CT molecular complexity index is 7410. The van der Waals surface area contributed by atoms with E-state index in [4.69, 9.17) is 39.9 Å². The summed E-state index contributed by atoms with van der Waals surface area (Å²) in [6.07, 6.45) is 1.59. The van der Waals surface area contributed by atoms with Gasteiger partial charge in [0, 0.05) is 90.3 Å². The van der Waals surface area contributed by atoms with Gasteiger partial charge >= 0.3 is 0 Å². The van der Waals surface area contributed by atoms with Gasteiger partial charge in [-0.3, -0.25) is 9.13 Å². The van der Waals surface area contributed by atoms with Crippen molar-refractivity contribution in [3.8, 4) is 124 Å². The number of fused-ring (bicyclic) bond motifs is 12. The Morgan fingerprint density at radius 1 is 0.212 bits per heavy atom. The van der Waals surface area contributed by atoms with Crippen LogP contribution in [0.25, 0.3) is 211 Å². The van der Waals surface area contributed by atoms with Crippen LogP contribution in [0.5, 0.6) is 0 Å². The highest BCUT2D eigenvalue weighted by Crippen LogP contribution is 2.44. The molecule has 556 valence electrons. The average molecular weight is 1510 g/mol. The Labute approximate surface area is 682 Å². The smallest absolute Gasteiger partial charge is 0.160 e. The molecule has 0 saturated heterocycles. The van der Waals surface area contributed by atoms with Gasteiger partial charge in [-0.15, -0.1) is 0 Å². The summed E-state index contributed by atoms with van der Waals surface area (Å²) in [7, 11) is 0. The summed E-state index contributed by atoms with van der Waals surface area (Å²) in [5, 5.41) is 11.3. The van der Waals surface area contributed by atoms with Crippen molar-refractivity contribution in [2.45, 2.75) is 26.7 Å². The largest absolute Gasteiger partial charge is 0.296 e. The van der Waals surface area contributed by atoms with Gasteiger partial charge in [-0.2, -0.15) is 0 Å². The molecule has 10 heteroatoms. The van der Waals surface area contributed by atoms with E-state index in [2.05, 4.69) is 399 Å². The molecule has 0 fully saturated rings. The second kappa shape index (κ2) is 30.1. The molecule has 0 aliphatic carbocycles. The number of rotatable bonds is 14. The van der Waals surface area contributed by atoms with Crippen molar-refractivity contribution in [2.24, 2.45) is 0 Å². The first-order valence-electron chi connectivity index (χ1n) is 40.2. The fourth-order valence-corrected chi connectivity index (χ4v) is 16.9. The van der Waals surface area contributed by atoms with E-state index in [-0.39, 0.29) is 0 Å². The van der Waals surface area contributed by atoms with Crippen LogP contribution in [0.4, 0.5) is 0 Å². The zero-order valence-electron chi connectivity index (χ0n) is 64.8. The van der Waals surface area contributed by atoms with Crippen LogP contribution in [0.3, 0.4) is 0 Å². The van der Waals surface area contributed by atoms with E-state index in [0.29, 0.717) is 11.6 Å². The lowest BCUT2D eigenvalue weighted by Gasteiger charge is -2.14. The second-order valence-corrected chi connectivity index (χ2v) is 29.9. The molecule has 10 nitrogen and oxygen atoms in total. The highest BCUT2D eigenvalue weighted by atomic mass is 15.1. The zero-order chi connectivity index (χ0) is 78.6. The van der Waals surface area contributed by atoms with Gasteiger partial charge in [-0.25, -0.2) is 39.9 Å². The fourth-order valence-electron chi connectivity index (χ4n) is 16.9. The van der Waals surface area contributed by atoms with Crippen molar-refractivity contribution in [1.82, 2.24) is 49.0 Å². The molecule has 0 saturated carbocycles. The van der Waals surface area contributed by atoms with Gasteiger partial charge in [0.1, 0.15) is 11.6 Å². The number of hydrogen-bond donors (Lipinski definition) is 0. The second-order valence-electron chi connectivity index (χ2n) is 29.9. The average Bonchev–Trinajstić information content (AvgIpc) is 1.56. The molecule has 0 spiro atoms. The van der Waals surface area contributed by atoms with Crippen LogP contribution < -0.4 is 0 Å². The third kappa shape index (κ3) is 13.0. The van der Waals surface area contributed by atoms with Gasteiger partial charge in [0.25, 0.3) is 0 Å². The van der Waals surface area contributed by atoms with Gasteiger partial charge in [-0.05, 0) is 140 Å². The molecular formula is C108H74N10. The van der Waals surface area contributed by atoms with E-state index < -0.39 is 0 Å². The van der Waals surface area contributed by atoms with Crippen LogP contribution >= 0.6 is 0 Å². The highest BCUT2D eigenvalue weighted by molar-refractivity contribution is 6.21. The summed E-state index contributed by atoms with van der Waals surface area (Å²) in [5.41, 5.74) is 25.9. The van der Waals surface area contributed by atoms with Crippen molar-refractivity contribution >= 4 is 87.0 Å². The molecule has 6 aromatic heterocycles. The molecule has 0 unspecified atom stereocenters. The first kappa shape index (κ1) is 70.4. The predicted octanol–water partition coefficient (Wildman–Crippen LogP) is 27.1. The van der Waals surface area contributed by atoms with Crippen LogP contribution in [-0.2, 0) is 12.8 Å². The van der Waals surface area contributed by atoms with Crippen molar-refractivity contribution in [2.75, 3.05) is 0 Å². The number of nitrogens with zero attached hydrogens (tertiary/aromatic N) is 10. The van der Waals surface area contributed by atoms with Crippen LogP contribution in [0, 0.1) is 0 Å². The summed E-state index contributed by atoms with van der Waals surface area (Å²) in [6.45, 7) is 4.33. The molecular weight excluding hydrogens is 1440 g/mol. The van der Waals surface area contributed by atoms with Crippen LogP contribution in [0.1, 0.15) is 25.5 Å². The molecule has 22 aromatic rings. The standard InChI is InChI=1S/C56H39N5.C52H35N5/c1-2-52-60-55-51(61(52)45-21-10-5-11-22-45)34-33-47-46-23-12-13-24-48(46)57-54(53(47)55)44-20-14-19-43(35-44)50-36-49(41-29-25-39(26-30-41)37-15-6-3-7-16-37)58-56(59-50)42-31-27-40(28-32-42)38-17-8-4-9-18-38;1-2-48-56-51-47(57(48)41-19-4-3-5-20-41)28-27-43-42-21-10-11-22-44(42)53-50(49(43)51)39-18-12-17-37(31-39)45-32-46(38-25-23-33-13-6-8-15-35(33)29-38)55-52(54-45)40-26-24-34-14-7-9-16-36(34)30-40/h3-36H,2H2,1H3;3-32H,2H2,1H3. The van der Waals surface area contributed by atoms with E-state index in [9.17, 15) is 0 Å². The predicted molar refractivity (Wildman–Crippen MR) is 487 cm³/mol. The summed E-state index contributed by atoms with van der Waals surface area (Å²) in [5.74, 6) is 3.37. The minimum absolute atomic E-state index is 0.666. The maximum Gasteiger partial charge on any atom is 0.160 e. The first-order valence-corrected chi connectivity index (χ1v) is 40.2. The monoisotopic (exact) mass is 1510 g/mol. The van der Waals surface area contributed by atoms with Crippen molar-refractivity contribution in [3.63, 3.8) is 0 Å². The molecule has 0 atom stereocenters. The summed E-state index contributed by atoms with van der Waals surface area (Å²) in [6, 6.07) is 136. The molecule has 0 aliphatic heterocycles. The van der Waals surface area contributed by atoms with Crippen LogP contribution in [0.2, 0.25) is 0 Å². The van der Waals surface area contributed by atoms with E-state index in [0.717, 1.165) is 196 Å². The van der Waals surface area contributed by atoms with E-state index >= 15 is 0 Å². The quantitative estimate of drug-likeness (QED) is 0.0990. The van der Waals surface area contributed by atoms with Crippen molar-refractivity contribution in [1.29, 1.82) is 0 Å². The maximum atomic E-state index is 5.41. The molecule has 0 bridgehead atoms. The number of hydrogen-bond acceptors (Lipinski definition) is 8. The molecule has 0 radical (unpaired) electrons. The number of benzene rings is 16. The topological polar surface area (TPSA) is 113 Å². The summed E-state index contributed by atoms with van der Waals surface area (Å²) >= 11 is 0. The lowest BCUT2D eigenvalue weighted by Crippen LogP contribution is -1.99. The number of para-hydroxylation sites is 4. The number of aryl methyl sites for hydroxylation is 2. The normalized spacial score (nSPS) is 11.5. The van der Waals surface area contributed by atoms with Crippen molar-refractivity contribution in [3.05, 3.63) is 400 Å². The van der Waals surface area contributed by atoms with Crippen LogP contribution in [0.15, 0.2) is 388 Å². The Morgan fingerprint density at radius 2 is 0.542 bits per heavy atom. The van der Waals surface area contributed by atoms with E-state index in [1.165, 1.54) is 27.3 Å². The third-order valence-electron chi connectivity index (χ3n) is 22.7. The van der Waals surface area contributed by atoms with Gasteiger partial charge in [0.05, 0.1) is 67.3 Å². The Hall–Kier alpha value is -15.5. The molecule has 6 heterocycles. The van der Waals surface area contributed by atoms with E-state index in [1.54, 1.807) is 0 Å².